The number of nitrogens with one attached hydrogen (secondary N) is 1. The van der Waals surface area contributed by atoms with Crippen molar-refractivity contribution in [2.24, 2.45) is 5.73 Å². The molecule has 0 fully saturated rings. The molecule has 0 heterocycles. The van der Waals surface area contributed by atoms with Crippen LogP contribution in [0.25, 0.3) is 11.1 Å². The van der Waals surface area contributed by atoms with Crippen LogP contribution in [0.1, 0.15) is 18.9 Å². The number of aryl methyl sites for hydroxylation is 1. The predicted molar refractivity (Wildman–Crippen MR) is 120 cm³/mol. The number of hydrogen-bond acceptors (Lipinski definition) is 4. The lowest BCUT2D eigenvalue weighted by atomic mass is 10.0. The average Bonchev–Trinajstić information content (AvgIpc) is 2.78. The number of carbonyl (C=O) groups excluding carboxylic acids is 1. The van der Waals surface area contributed by atoms with Gasteiger partial charge in [-0.3, -0.25) is 4.79 Å². The van der Waals surface area contributed by atoms with Gasteiger partial charge in [-0.15, -0.1) is 0 Å². The summed E-state index contributed by atoms with van der Waals surface area (Å²) in [5.74, 6) is 0.307. The van der Waals surface area contributed by atoms with E-state index in [4.69, 9.17) is 15.6 Å². The number of aliphatic hydroxyl groups is 1. The summed E-state index contributed by atoms with van der Waals surface area (Å²) in [7, 11) is 0. The van der Waals surface area contributed by atoms with Crippen molar-refractivity contribution in [3.63, 3.8) is 0 Å². The number of ether oxygens (including phenoxy) is 1. The number of benzene rings is 3. The molecule has 3 rings (SSSR count). The molecule has 5 nitrogen and oxygen atoms in total. The number of carbonyl (C=O) groups is 1. The third-order valence-corrected chi connectivity index (χ3v) is 4.90. The van der Waals surface area contributed by atoms with Gasteiger partial charge in [0.15, 0.2) is 0 Å². The van der Waals surface area contributed by atoms with Gasteiger partial charge >= 0.3 is 0 Å². The first kappa shape index (κ1) is 21.6. The zero-order valence-electron chi connectivity index (χ0n) is 17.2. The maximum Gasteiger partial charge on any atom is 0.246 e. The monoisotopic (exact) mass is 404 g/mol. The van der Waals surface area contributed by atoms with Gasteiger partial charge in [-0.2, -0.15) is 0 Å². The quantitative estimate of drug-likeness (QED) is 0.471. The van der Waals surface area contributed by atoms with E-state index in [9.17, 15) is 4.79 Å². The molecule has 4 N–H and O–H groups in total. The smallest absolute Gasteiger partial charge is 0.246 e. The van der Waals surface area contributed by atoms with Crippen molar-refractivity contribution < 1.29 is 14.6 Å². The Morgan fingerprint density at radius 2 is 1.60 bits per heavy atom. The fraction of sp³-hybridized carbons (Fsp3) is 0.240. The Labute approximate surface area is 177 Å². The highest BCUT2D eigenvalue weighted by Crippen LogP contribution is 2.20. The molecule has 0 aliphatic heterocycles. The van der Waals surface area contributed by atoms with Crippen LogP contribution in [0.2, 0.25) is 0 Å². The van der Waals surface area contributed by atoms with E-state index in [-0.39, 0.29) is 0 Å². The second-order valence-corrected chi connectivity index (χ2v) is 7.57. The fourth-order valence-corrected chi connectivity index (χ4v) is 2.94. The Balaban J connectivity index is 1.43. The van der Waals surface area contributed by atoms with Crippen molar-refractivity contribution in [3.05, 3.63) is 84.4 Å². The highest BCUT2D eigenvalue weighted by Gasteiger charge is 2.27. The van der Waals surface area contributed by atoms with Crippen molar-refractivity contribution >= 4 is 11.6 Å². The zero-order chi connectivity index (χ0) is 21.4. The van der Waals surface area contributed by atoms with E-state index in [0.29, 0.717) is 12.3 Å². The molecule has 0 saturated carbocycles. The molecule has 1 unspecified atom stereocenters. The zero-order valence-corrected chi connectivity index (χ0v) is 17.2. The van der Waals surface area contributed by atoms with Gasteiger partial charge in [-0.1, -0.05) is 54.6 Å². The second kappa shape index (κ2) is 10.1. The molecule has 0 aliphatic rings. The van der Waals surface area contributed by atoms with Crippen molar-refractivity contribution in [2.45, 2.75) is 25.3 Å². The average molecular weight is 405 g/mol. The third kappa shape index (κ3) is 5.92. The van der Waals surface area contributed by atoms with Gasteiger partial charge in [-0.25, -0.2) is 0 Å². The molecule has 0 spiro atoms. The lowest BCUT2D eigenvalue weighted by Crippen LogP contribution is -2.51. The predicted octanol–water partition coefficient (Wildman–Crippen LogP) is 4.01. The van der Waals surface area contributed by atoms with Crippen LogP contribution in [-0.4, -0.2) is 29.8 Å². The van der Waals surface area contributed by atoms with Crippen LogP contribution < -0.4 is 15.8 Å². The minimum absolute atomic E-state index is 0.422. The van der Waals surface area contributed by atoms with Crippen LogP contribution >= 0.6 is 0 Å². The molecule has 3 aromatic carbocycles. The van der Waals surface area contributed by atoms with Gasteiger partial charge in [0.05, 0.1) is 13.2 Å². The largest absolute Gasteiger partial charge is 0.494 e. The van der Waals surface area contributed by atoms with Crippen molar-refractivity contribution in [1.82, 2.24) is 0 Å². The highest BCUT2D eigenvalue weighted by molar-refractivity contribution is 5.97. The molecule has 5 heteroatoms. The van der Waals surface area contributed by atoms with Gasteiger partial charge in [0, 0.05) is 5.69 Å². The van der Waals surface area contributed by atoms with E-state index >= 15 is 0 Å². The molecule has 1 amide bonds. The second-order valence-electron chi connectivity index (χ2n) is 7.57. The van der Waals surface area contributed by atoms with E-state index in [1.54, 1.807) is 24.3 Å². The van der Waals surface area contributed by atoms with E-state index in [1.807, 2.05) is 18.2 Å². The molecule has 0 bridgehead atoms. The van der Waals surface area contributed by atoms with E-state index in [1.165, 1.54) is 23.6 Å². The highest BCUT2D eigenvalue weighted by atomic mass is 16.5. The lowest BCUT2D eigenvalue weighted by molar-refractivity contribution is -0.121. The lowest BCUT2D eigenvalue weighted by Gasteiger charge is -2.20. The first-order valence-electron chi connectivity index (χ1n) is 10.1. The standard InChI is InChI=1S/C25H28N2O3/c1-25(26,18-28)24(29)27-22-13-15-23(16-14-22)30-17-5-6-19-9-11-21(12-10-19)20-7-3-2-4-8-20/h2-4,7-16,28H,5-6,17-18,26H2,1H3,(H,27,29). The summed E-state index contributed by atoms with van der Waals surface area (Å²) in [4.78, 5) is 12.0. The summed E-state index contributed by atoms with van der Waals surface area (Å²) >= 11 is 0. The molecule has 3 aromatic rings. The summed E-state index contributed by atoms with van der Waals surface area (Å²) in [5, 5.41) is 11.8. The SMILES string of the molecule is CC(N)(CO)C(=O)Nc1ccc(OCCCc2ccc(-c3ccccc3)cc2)cc1. The molecule has 1 atom stereocenters. The molecular weight excluding hydrogens is 376 g/mol. The van der Waals surface area contributed by atoms with Crippen LogP contribution in [0, 0.1) is 0 Å². The Kier molecular flexibility index (Phi) is 7.22. The van der Waals surface area contributed by atoms with Crippen LogP contribution in [0.15, 0.2) is 78.9 Å². The maximum absolute atomic E-state index is 12.0. The molecular formula is C25H28N2O3. The Morgan fingerprint density at radius 1 is 0.967 bits per heavy atom. The summed E-state index contributed by atoms with van der Waals surface area (Å²) in [6.07, 6.45) is 1.85. The Bertz CT molecular complexity index is 936. The number of anilines is 1. The summed E-state index contributed by atoms with van der Waals surface area (Å²) < 4.78 is 5.79. The van der Waals surface area contributed by atoms with Crippen LogP contribution in [0.4, 0.5) is 5.69 Å². The molecule has 30 heavy (non-hydrogen) atoms. The van der Waals surface area contributed by atoms with Gasteiger partial charge in [-0.05, 0) is 60.7 Å². The molecule has 0 aliphatic carbocycles. The minimum atomic E-state index is -1.31. The van der Waals surface area contributed by atoms with Gasteiger partial charge in [0.25, 0.3) is 0 Å². The van der Waals surface area contributed by atoms with Gasteiger partial charge in [0.2, 0.25) is 5.91 Å². The van der Waals surface area contributed by atoms with E-state index in [2.05, 4.69) is 41.7 Å². The van der Waals surface area contributed by atoms with Crippen molar-refractivity contribution in [1.29, 1.82) is 0 Å². The summed E-state index contributed by atoms with van der Waals surface area (Å²) in [6.45, 7) is 1.67. The van der Waals surface area contributed by atoms with Crippen LogP contribution in [-0.2, 0) is 11.2 Å². The Hall–Kier alpha value is -3.15. The van der Waals surface area contributed by atoms with Crippen LogP contribution in [0.5, 0.6) is 5.75 Å². The number of amides is 1. The van der Waals surface area contributed by atoms with Gasteiger partial charge in [0.1, 0.15) is 11.3 Å². The molecule has 0 saturated heterocycles. The molecule has 156 valence electrons. The number of nitrogens with two attached hydrogens (primary N) is 1. The third-order valence-electron chi connectivity index (χ3n) is 4.90. The minimum Gasteiger partial charge on any atom is -0.494 e. The number of hydrogen-bond donors (Lipinski definition) is 3. The maximum atomic E-state index is 12.0. The first-order chi connectivity index (χ1) is 14.5. The van der Waals surface area contributed by atoms with E-state index in [0.717, 1.165) is 18.6 Å². The Morgan fingerprint density at radius 3 is 2.23 bits per heavy atom. The molecule has 0 aromatic heterocycles. The summed E-state index contributed by atoms with van der Waals surface area (Å²) in [5.41, 5.74) is 8.74. The molecule has 0 radical (unpaired) electrons. The summed E-state index contributed by atoms with van der Waals surface area (Å²) in [6, 6.07) is 26.1. The normalized spacial score (nSPS) is 12.8. The van der Waals surface area contributed by atoms with Crippen LogP contribution in [0.3, 0.4) is 0 Å². The van der Waals surface area contributed by atoms with Crippen molar-refractivity contribution in [3.8, 4) is 16.9 Å². The first-order valence-corrected chi connectivity index (χ1v) is 10.1. The van der Waals surface area contributed by atoms with Gasteiger partial charge < -0.3 is 20.9 Å². The van der Waals surface area contributed by atoms with Crippen molar-refractivity contribution in [2.75, 3.05) is 18.5 Å². The van der Waals surface area contributed by atoms with E-state index < -0.39 is 18.1 Å². The fourth-order valence-electron chi connectivity index (χ4n) is 2.94. The number of rotatable bonds is 9. The number of aliphatic hydroxyl groups excluding tert-OH is 1. The topological polar surface area (TPSA) is 84.6 Å².